The number of aliphatic hydroxyl groups excluding tert-OH is 1. The molecule has 3 rings (SSSR count). The lowest BCUT2D eigenvalue weighted by molar-refractivity contribution is 0.137. The van der Waals surface area contributed by atoms with Crippen LogP contribution in [0.3, 0.4) is 0 Å². The van der Waals surface area contributed by atoms with Crippen LogP contribution < -0.4 is 10.1 Å². The monoisotopic (exact) mass is 233 g/mol. The zero-order chi connectivity index (χ0) is 11.7. The molecule has 2 fully saturated rings. The fraction of sp³-hybridized carbons (Fsp3) is 0.571. The van der Waals surface area contributed by atoms with E-state index >= 15 is 0 Å². The fourth-order valence-electron chi connectivity index (χ4n) is 2.34. The van der Waals surface area contributed by atoms with E-state index in [-0.39, 0.29) is 6.04 Å². The van der Waals surface area contributed by atoms with Crippen molar-refractivity contribution < 1.29 is 9.84 Å². The van der Waals surface area contributed by atoms with Gasteiger partial charge < -0.3 is 15.2 Å². The normalized spacial score (nSPS) is 25.8. The number of rotatable bonds is 4. The van der Waals surface area contributed by atoms with Gasteiger partial charge in [-0.2, -0.15) is 0 Å². The molecule has 2 N–H and O–H groups in total. The highest BCUT2D eigenvalue weighted by molar-refractivity contribution is 5.29. The molecule has 1 heterocycles. The van der Waals surface area contributed by atoms with Crippen molar-refractivity contribution in [3.8, 4) is 5.75 Å². The van der Waals surface area contributed by atoms with Crippen molar-refractivity contribution >= 4 is 0 Å². The molecule has 1 saturated carbocycles. The van der Waals surface area contributed by atoms with Gasteiger partial charge in [0, 0.05) is 6.04 Å². The Bertz CT molecular complexity index is 366. The van der Waals surface area contributed by atoms with Gasteiger partial charge in [0.2, 0.25) is 0 Å². The van der Waals surface area contributed by atoms with Gasteiger partial charge in [-0.3, -0.25) is 0 Å². The third kappa shape index (κ3) is 2.61. The summed E-state index contributed by atoms with van der Waals surface area (Å²) < 4.78 is 5.69. The van der Waals surface area contributed by atoms with Crippen LogP contribution in [0, 0.1) is 0 Å². The Morgan fingerprint density at radius 2 is 1.94 bits per heavy atom. The summed E-state index contributed by atoms with van der Waals surface area (Å²) in [5, 5.41) is 13.5. The van der Waals surface area contributed by atoms with Gasteiger partial charge >= 0.3 is 0 Å². The van der Waals surface area contributed by atoms with Gasteiger partial charge in [0.05, 0.1) is 12.2 Å². The number of nitrogens with one attached hydrogen (secondary N) is 1. The number of ether oxygens (including phenoxy) is 1. The first-order chi connectivity index (χ1) is 8.33. The quantitative estimate of drug-likeness (QED) is 0.836. The molecule has 1 aromatic carbocycles. The fourth-order valence-corrected chi connectivity index (χ4v) is 2.34. The zero-order valence-electron chi connectivity index (χ0n) is 9.93. The van der Waals surface area contributed by atoms with Crippen molar-refractivity contribution in [3.63, 3.8) is 0 Å². The molecular weight excluding hydrogens is 214 g/mol. The molecule has 0 bridgehead atoms. The molecule has 3 nitrogen and oxygen atoms in total. The van der Waals surface area contributed by atoms with Crippen molar-refractivity contribution in [2.75, 3.05) is 6.54 Å². The molecule has 0 radical (unpaired) electrons. The maximum Gasteiger partial charge on any atom is 0.119 e. The average Bonchev–Trinajstić information content (AvgIpc) is 3.00. The Hall–Kier alpha value is -1.06. The molecule has 1 aliphatic carbocycles. The largest absolute Gasteiger partial charge is 0.490 e. The van der Waals surface area contributed by atoms with Crippen molar-refractivity contribution in [2.45, 2.75) is 43.9 Å². The third-order valence-electron chi connectivity index (χ3n) is 3.53. The molecule has 2 atom stereocenters. The molecule has 92 valence electrons. The number of aliphatic hydroxyl groups is 1. The summed E-state index contributed by atoms with van der Waals surface area (Å²) in [4.78, 5) is 0. The van der Waals surface area contributed by atoms with Gasteiger partial charge in [-0.25, -0.2) is 0 Å². The lowest BCUT2D eigenvalue weighted by Crippen LogP contribution is -2.28. The molecule has 0 aromatic heterocycles. The molecule has 1 saturated heterocycles. The summed E-state index contributed by atoms with van der Waals surface area (Å²) in [7, 11) is 0. The van der Waals surface area contributed by atoms with Gasteiger partial charge in [-0.15, -0.1) is 0 Å². The van der Waals surface area contributed by atoms with Gasteiger partial charge in [-0.05, 0) is 49.9 Å². The summed E-state index contributed by atoms with van der Waals surface area (Å²) in [5.74, 6) is 0.919. The van der Waals surface area contributed by atoms with Crippen LogP contribution in [-0.4, -0.2) is 23.8 Å². The Morgan fingerprint density at radius 1 is 1.18 bits per heavy atom. The first-order valence-corrected chi connectivity index (χ1v) is 6.51. The van der Waals surface area contributed by atoms with Crippen LogP contribution in [0.15, 0.2) is 24.3 Å². The van der Waals surface area contributed by atoms with Crippen molar-refractivity contribution in [1.82, 2.24) is 5.32 Å². The summed E-state index contributed by atoms with van der Waals surface area (Å²) in [5.41, 5.74) is 0.979. The van der Waals surface area contributed by atoms with Crippen LogP contribution in [0.5, 0.6) is 5.75 Å². The second-order valence-corrected chi connectivity index (χ2v) is 5.03. The minimum absolute atomic E-state index is 0.213. The van der Waals surface area contributed by atoms with E-state index in [1.807, 2.05) is 24.3 Å². The first-order valence-electron chi connectivity index (χ1n) is 6.51. The molecule has 2 aliphatic rings. The lowest BCUT2D eigenvalue weighted by Gasteiger charge is -2.18. The topological polar surface area (TPSA) is 41.5 Å². The van der Waals surface area contributed by atoms with Crippen LogP contribution in [0.25, 0.3) is 0 Å². The van der Waals surface area contributed by atoms with E-state index in [4.69, 9.17) is 4.74 Å². The molecule has 0 spiro atoms. The second-order valence-electron chi connectivity index (χ2n) is 5.03. The molecule has 1 aliphatic heterocycles. The Morgan fingerprint density at radius 3 is 2.53 bits per heavy atom. The number of hydrogen-bond acceptors (Lipinski definition) is 3. The maximum absolute atomic E-state index is 10.2. The second kappa shape index (κ2) is 4.67. The van der Waals surface area contributed by atoms with E-state index in [1.165, 1.54) is 12.8 Å². The Balaban J connectivity index is 1.65. The van der Waals surface area contributed by atoms with Crippen molar-refractivity contribution in [1.29, 1.82) is 0 Å². The Kier molecular flexibility index (Phi) is 3.04. The number of hydrogen-bond donors (Lipinski definition) is 2. The lowest BCUT2D eigenvalue weighted by atomic mass is 10.0. The van der Waals surface area contributed by atoms with E-state index in [2.05, 4.69) is 5.32 Å². The molecule has 1 aromatic rings. The predicted octanol–water partition coefficient (Wildman–Crippen LogP) is 2.01. The van der Waals surface area contributed by atoms with Gasteiger partial charge in [0.25, 0.3) is 0 Å². The summed E-state index contributed by atoms with van der Waals surface area (Å²) in [6.07, 6.45) is 4.61. The van der Waals surface area contributed by atoms with E-state index in [0.717, 1.165) is 30.7 Å². The van der Waals surface area contributed by atoms with E-state index in [9.17, 15) is 5.11 Å². The smallest absolute Gasteiger partial charge is 0.119 e. The highest BCUT2D eigenvalue weighted by atomic mass is 16.5. The minimum Gasteiger partial charge on any atom is -0.490 e. The van der Waals surface area contributed by atoms with Crippen molar-refractivity contribution in [2.24, 2.45) is 0 Å². The van der Waals surface area contributed by atoms with Gasteiger partial charge in [0.1, 0.15) is 5.75 Å². The van der Waals surface area contributed by atoms with E-state index < -0.39 is 6.10 Å². The van der Waals surface area contributed by atoms with Crippen molar-refractivity contribution in [3.05, 3.63) is 29.8 Å². The minimum atomic E-state index is -0.396. The highest BCUT2D eigenvalue weighted by Crippen LogP contribution is 2.29. The van der Waals surface area contributed by atoms with E-state index in [1.54, 1.807) is 0 Å². The average molecular weight is 233 g/mol. The van der Waals surface area contributed by atoms with Crippen LogP contribution in [-0.2, 0) is 0 Å². The first kappa shape index (κ1) is 11.1. The summed E-state index contributed by atoms with van der Waals surface area (Å²) >= 11 is 0. The SMILES string of the molecule is OC(c1ccc(OC2CC2)cc1)C1CCCN1. The summed E-state index contributed by atoms with van der Waals surface area (Å²) in [6, 6.07) is 8.09. The molecule has 17 heavy (non-hydrogen) atoms. The molecule has 0 amide bonds. The van der Waals surface area contributed by atoms with Crippen LogP contribution in [0.1, 0.15) is 37.4 Å². The number of benzene rings is 1. The van der Waals surface area contributed by atoms with Crippen LogP contribution in [0.2, 0.25) is 0 Å². The summed E-state index contributed by atoms with van der Waals surface area (Å²) in [6.45, 7) is 1.02. The van der Waals surface area contributed by atoms with Crippen LogP contribution in [0.4, 0.5) is 0 Å². The van der Waals surface area contributed by atoms with Gasteiger partial charge in [0.15, 0.2) is 0 Å². The predicted molar refractivity (Wildman–Crippen MR) is 66.1 cm³/mol. The maximum atomic E-state index is 10.2. The Labute approximate surface area is 102 Å². The van der Waals surface area contributed by atoms with E-state index in [0.29, 0.717) is 6.10 Å². The standard InChI is InChI=1S/C14H19NO2/c16-14(13-2-1-9-15-13)10-3-5-11(6-4-10)17-12-7-8-12/h3-6,12-16H,1-2,7-9H2. The zero-order valence-corrected chi connectivity index (χ0v) is 9.93. The molecule has 2 unspecified atom stereocenters. The van der Waals surface area contributed by atoms with Gasteiger partial charge in [-0.1, -0.05) is 12.1 Å². The molecule has 3 heteroatoms. The third-order valence-corrected chi connectivity index (χ3v) is 3.53. The molecular formula is C14H19NO2. The highest BCUT2D eigenvalue weighted by Gasteiger charge is 2.25. The van der Waals surface area contributed by atoms with Crippen LogP contribution >= 0.6 is 0 Å².